The van der Waals surface area contributed by atoms with Crippen molar-refractivity contribution < 1.29 is 4.42 Å². The predicted octanol–water partition coefficient (Wildman–Crippen LogP) is 14.7. The van der Waals surface area contributed by atoms with Crippen LogP contribution in [0.5, 0.6) is 0 Å². The third-order valence-electron chi connectivity index (χ3n) is 11.7. The van der Waals surface area contributed by atoms with Crippen LogP contribution in [-0.2, 0) is 0 Å². The molecule has 0 aliphatic heterocycles. The Labute approximate surface area is 339 Å². The highest BCUT2D eigenvalue weighted by molar-refractivity contribution is 6.18. The van der Waals surface area contributed by atoms with E-state index in [1.165, 1.54) is 37.7 Å². The molecule has 0 spiro atoms. The van der Waals surface area contributed by atoms with Gasteiger partial charge in [0, 0.05) is 27.5 Å². The third kappa shape index (κ3) is 5.65. The van der Waals surface area contributed by atoms with E-state index in [1.807, 2.05) is 18.2 Å². The van der Waals surface area contributed by atoms with Crippen molar-refractivity contribution in [3.63, 3.8) is 0 Å². The van der Waals surface area contributed by atoms with Crippen molar-refractivity contribution in [2.24, 2.45) is 0 Å². The van der Waals surface area contributed by atoms with Crippen molar-refractivity contribution in [3.05, 3.63) is 200 Å². The van der Waals surface area contributed by atoms with Crippen LogP contribution in [0.15, 0.2) is 205 Å². The van der Waals surface area contributed by atoms with Gasteiger partial charge in [-0.1, -0.05) is 170 Å². The maximum absolute atomic E-state index is 6.53. The zero-order valence-corrected chi connectivity index (χ0v) is 31.8. The Kier molecular flexibility index (Phi) is 7.50. The van der Waals surface area contributed by atoms with Crippen LogP contribution in [0.2, 0.25) is 0 Å². The molecule has 0 aliphatic carbocycles. The summed E-state index contributed by atoms with van der Waals surface area (Å²) in [5.41, 5.74) is 8.74. The number of furan rings is 1. The Morgan fingerprint density at radius 1 is 0.271 bits per heavy atom. The van der Waals surface area contributed by atoms with E-state index in [0.29, 0.717) is 17.5 Å². The largest absolute Gasteiger partial charge is 0.456 e. The van der Waals surface area contributed by atoms with Gasteiger partial charge in [0.05, 0.1) is 0 Å². The van der Waals surface area contributed by atoms with Gasteiger partial charge in [0.2, 0.25) is 0 Å². The number of fused-ring (bicyclic) bond motifs is 9. The fourth-order valence-electron chi connectivity index (χ4n) is 8.73. The fourth-order valence-corrected chi connectivity index (χ4v) is 8.73. The second kappa shape index (κ2) is 13.3. The number of aromatic nitrogens is 3. The van der Waals surface area contributed by atoms with Gasteiger partial charge in [-0.3, -0.25) is 0 Å². The summed E-state index contributed by atoms with van der Waals surface area (Å²) >= 11 is 0. The summed E-state index contributed by atoms with van der Waals surface area (Å²) in [6, 6.07) is 70.6. The first-order valence-electron chi connectivity index (χ1n) is 19.9. The summed E-state index contributed by atoms with van der Waals surface area (Å²) < 4.78 is 6.53. The summed E-state index contributed by atoms with van der Waals surface area (Å²) in [5.74, 6) is 1.80. The van der Waals surface area contributed by atoms with E-state index in [9.17, 15) is 0 Å². The molecule has 0 amide bonds. The summed E-state index contributed by atoms with van der Waals surface area (Å²) in [7, 11) is 0. The smallest absolute Gasteiger partial charge is 0.164 e. The summed E-state index contributed by atoms with van der Waals surface area (Å²) in [6.45, 7) is 0. The zero-order valence-electron chi connectivity index (χ0n) is 31.8. The Morgan fingerprint density at radius 2 is 0.814 bits per heavy atom. The topological polar surface area (TPSA) is 51.8 Å². The highest BCUT2D eigenvalue weighted by Gasteiger charge is 2.20. The normalized spacial score (nSPS) is 11.7. The van der Waals surface area contributed by atoms with Gasteiger partial charge in [0.1, 0.15) is 11.2 Å². The molecule has 274 valence electrons. The first-order chi connectivity index (χ1) is 29.2. The number of hydrogen-bond acceptors (Lipinski definition) is 4. The average Bonchev–Trinajstić information content (AvgIpc) is 3.69. The minimum atomic E-state index is 0.586. The van der Waals surface area contributed by atoms with Crippen LogP contribution in [0.25, 0.3) is 121 Å². The van der Waals surface area contributed by atoms with Crippen molar-refractivity contribution in [1.29, 1.82) is 0 Å². The predicted molar refractivity (Wildman–Crippen MR) is 244 cm³/mol. The van der Waals surface area contributed by atoms with Crippen LogP contribution in [0.4, 0.5) is 0 Å². The number of benzene rings is 10. The Balaban J connectivity index is 1.06. The molecule has 2 heterocycles. The van der Waals surface area contributed by atoms with E-state index in [0.717, 1.165) is 66.3 Å². The van der Waals surface area contributed by atoms with Gasteiger partial charge in [-0.05, 0) is 95.7 Å². The van der Waals surface area contributed by atoms with Gasteiger partial charge >= 0.3 is 0 Å². The van der Waals surface area contributed by atoms with E-state index in [2.05, 4.69) is 182 Å². The van der Waals surface area contributed by atoms with Crippen LogP contribution in [0.1, 0.15) is 0 Å². The lowest BCUT2D eigenvalue weighted by molar-refractivity contribution is 0.669. The van der Waals surface area contributed by atoms with E-state index >= 15 is 0 Å². The molecular weight excluding hydrogens is 719 g/mol. The number of nitrogens with zero attached hydrogens (tertiary/aromatic N) is 3. The Morgan fingerprint density at radius 3 is 1.64 bits per heavy atom. The number of rotatable bonds is 5. The van der Waals surface area contributed by atoms with Crippen LogP contribution in [0.3, 0.4) is 0 Å². The standard InChI is InChI=1S/C55H33N3O/c1-2-10-34(11-3-1)43-32-49(52-48-16-8-9-17-50(48)59-51(52)33-43)55-57-53(38-21-18-36(19-22-38)40-23-20-35-12-4-5-14-39(35)30-40)56-54(58-55)42-26-27-45-41(31-42)25-29-46-44-15-7-6-13-37(44)24-28-47(45)46/h1-33H. The van der Waals surface area contributed by atoms with Crippen molar-refractivity contribution in [2.45, 2.75) is 0 Å². The second-order valence-corrected chi connectivity index (χ2v) is 15.2. The molecule has 4 nitrogen and oxygen atoms in total. The second-order valence-electron chi connectivity index (χ2n) is 15.2. The molecule has 12 aromatic rings. The molecule has 0 radical (unpaired) electrons. The number of para-hydroxylation sites is 1. The quantitative estimate of drug-likeness (QED) is 0.164. The first-order valence-corrected chi connectivity index (χ1v) is 19.9. The lowest BCUT2D eigenvalue weighted by Crippen LogP contribution is -2.01. The van der Waals surface area contributed by atoms with Crippen molar-refractivity contribution >= 4 is 65.0 Å². The molecule has 0 saturated heterocycles. The SMILES string of the molecule is c1ccc(-c2cc(-c3nc(-c4ccc(-c5ccc6ccccc6c5)cc4)nc(-c4ccc5c(ccc6c7ccccc7ccc56)c4)n3)c3c(c2)oc2ccccc23)cc1. The summed E-state index contributed by atoms with van der Waals surface area (Å²) in [6.07, 6.45) is 0. The minimum absolute atomic E-state index is 0.586. The average molecular weight is 752 g/mol. The first kappa shape index (κ1) is 33.2. The van der Waals surface area contributed by atoms with E-state index in [4.69, 9.17) is 19.4 Å². The molecule has 59 heavy (non-hydrogen) atoms. The van der Waals surface area contributed by atoms with Crippen molar-refractivity contribution in [1.82, 2.24) is 15.0 Å². The van der Waals surface area contributed by atoms with Crippen LogP contribution >= 0.6 is 0 Å². The fraction of sp³-hybridized carbons (Fsp3) is 0. The van der Waals surface area contributed by atoms with Crippen molar-refractivity contribution in [3.8, 4) is 56.4 Å². The summed E-state index contributed by atoms with van der Waals surface area (Å²) in [5, 5.41) is 11.7. The molecule has 0 bridgehead atoms. The lowest BCUT2D eigenvalue weighted by Gasteiger charge is -2.12. The molecule has 0 saturated carbocycles. The molecule has 4 heteroatoms. The van der Waals surface area contributed by atoms with Gasteiger partial charge in [-0.25, -0.2) is 15.0 Å². The monoisotopic (exact) mass is 751 g/mol. The van der Waals surface area contributed by atoms with E-state index in [1.54, 1.807) is 0 Å². The Hall–Kier alpha value is -7.95. The maximum atomic E-state index is 6.53. The van der Waals surface area contributed by atoms with Crippen LogP contribution in [0, 0.1) is 0 Å². The molecule has 0 unspecified atom stereocenters. The van der Waals surface area contributed by atoms with Gasteiger partial charge in [-0.2, -0.15) is 0 Å². The molecule has 0 fully saturated rings. The molecule has 12 rings (SSSR count). The number of hydrogen-bond donors (Lipinski definition) is 0. The molecule has 0 aliphatic rings. The highest BCUT2D eigenvalue weighted by Crippen LogP contribution is 2.41. The summed E-state index contributed by atoms with van der Waals surface area (Å²) in [4.78, 5) is 15.8. The van der Waals surface area contributed by atoms with Gasteiger partial charge in [-0.15, -0.1) is 0 Å². The third-order valence-corrected chi connectivity index (χ3v) is 11.7. The molecule has 0 atom stereocenters. The highest BCUT2D eigenvalue weighted by atomic mass is 16.3. The zero-order chi connectivity index (χ0) is 38.9. The van der Waals surface area contributed by atoms with Crippen LogP contribution in [-0.4, -0.2) is 15.0 Å². The maximum Gasteiger partial charge on any atom is 0.164 e. The minimum Gasteiger partial charge on any atom is -0.456 e. The van der Waals surface area contributed by atoms with Crippen LogP contribution < -0.4 is 0 Å². The molecule has 10 aromatic carbocycles. The van der Waals surface area contributed by atoms with E-state index in [-0.39, 0.29) is 0 Å². The van der Waals surface area contributed by atoms with Gasteiger partial charge < -0.3 is 4.42 Å². The van der Waals surface area contributed by atoms with Crippen molar-refractivity contribution in [2.75, 3.05) is 0 Å². The molecule has 2 aromatic heterocycles. The molecular formula is C55H33N3O. The van der Waals surface area contributed by atoms with Gasteiger partial charge in [0.25, 0.3) is 0 Å². The lowest BCUT2D eigenvalue weighted by atomic mass is 9.96. The van der Waals surface area contributed by atoms with Gasteiger partial charge in [0.15, 0.2) is 17.5 Å². The Bertz CT molecular complexity index is 3610. The van der Waals surface area contributed by atoms with E-state index < -0.39 is 0 Å². The molecule has 0 N–H and O–H groups in total.